The van der Waals surface area contributed by atoms with E-state index in [1.165, 1.54) is 6.07 Å². The first-order valence-corrected chi connectivity index (χ1v) is 6.86. The van der Waals surface area contributed by atoms with Gasteiger partial charge in [-0.15, -0.1) is 0 Å². The van der Waals surface area contributed by atoms with Gasteiger partial charge in [-0.05, 0) is 11.6 Å². The van der Waals surface area contributed by atoms with Crippen molar-refractivity contribution in [2.45, 2.75) is 6.42 Å². The van der Waals surface area contributed by atoms with Crippen LogP contribution in [0.5, 0.6) is 0 Å². The molecule has 0 aliphatic heterocycles. The minimum absolute atomic E-state index is 0.263. The normalized spacial score (nSPS) is 10.6. The fraction of sp³-hybridized carbons (Fsp3) is 0.0588. The second kappa shape index (κ2) is 5.81. The molecule has 0 saturated heterocycles. The van der Waals surface area contributed by atoms with Gasteiger partial charge < -0.3 is 11.5 Å². The largest absolute Gasteiger partial charge is 0.383 e. The van der Waals surface area contributed by atoms with Gasteiger partial charge in [0.25, 0.3) is 0 Å². The molecule has 0 atom stereocenters. The van der Waals surface area contributed by atoms with Crippen molar-refractivity contribution in [2.75, 3.05) is 11.5 Å². The molecule has 5 heteroatoms. The monoisotopic (exact) mass is 294 g/mol. The van der Waals surface area contributed by atoms with Crippen molar-refractivity contribution in [1.82, 2.24) is 9.97 Å². The molecular formula is C17H15FN4. The highest BCUT2D eigenvalue weighted by atomic mass is 19.1. The van der Waals surface area contributed by atoms with E-state index in [-0.39, 0.29) is 23.9 Å². The number of anilines is 2. The molecule has 1 heterocycles. The number of nitrogen functional groups attached to an aromatic ring is 2. The minimum Gasteiger partial charge on any atom is -0.383 e. The minimum atomic E-state index is -0.298. The molecule has 0 saturated carbocycles. The molecule has 0 bridgehead atoms. The first-order chi connectivity index (χ1) is 10.6. The molecule has 22 heavy (non-hydrogen) atoms. The Hall–Kier alpha value is -2.95. The van der Waals surface area contributed by atoms with Crippen LogP contribution in [0.15, 0.2) is 54.6 Å². The Labute approximate surface area is 127 Å². The molecule has 4 N–H and O–H groups in total. The Morgan fingerprint density at radius 3 is 2.05 bits per heavy atom. The van der Waals surface area contributed by atoms with Gasteiger partial charge in [-0.1, -0.05) is 48.5 Å². The smallest absolute Gasteiger partial charge is 0.163 e. The first kappa shape index (κ1) is 14.0. The van der Waals surface area contributed by atoms with Gasteiger partial charge >= 0.3 is 0 Å². The second-order valence-corrected chi connectivity index (χ2v) is 4.93. The van der Waals surface area contributed by atoms with Crippen LogP contribution >= 0.6 is 0 Å². The highest BCUT2D eigenvalue weighted by molar-refractivity contribution is 5.63. The molecule has 0 aliphatic carbocycles. The number of hydrogen-bond donors (Lipinski definition) is 2. The van der Waals surface area contributed by atoms with Crippen LogP contribution < -0.4 is 11.5 Å². The van der Waals surface area contributed by atoms with Gasteiger partial charge in [0.1, 0.15) is 17.5 Å². The third-order valence-corrected chi connectivity index (χ3v) is 3.43. The molecule has 3 rings (SSSR count). The van der Waals surface area contributed by atoms with E-state index in [0.717, 1.165) is 5.56 Å². The first-order valence-electron chi connectivity index (χ1n) is 6.86. The van der Waals surface area contributed by atoms with Crippen molar-refractivity contribution in [3.05, 3.63) is 71.5 Å². The highest BCUT2D eigenvalue weighted by Gasteiger charge is 2.13. The average Bonchev–Trinajstić information content (AvgIpc) is 2.53. The molecular weight excluding hydrogens is 279 g/mol. The van der Waals surface area contributed by atoms with Crippen molar-refractivity contribution < 1.29 is 4.39 Å². The maximum Gasteiger partial charge on any atom is 0.163 e. The summed E-state index contributed by atoms with van der Waals surface area (Å²) in [5, 5.41) is 0. The third-order valence-electron chi connectivity index (χ3n) is 3.43. The number of aromatic nitrogens is 2. The fourth-order valence-electron chi connectivity index (χ4n) is 2.25. The lowest BCUT2D eigenvalue weighted by Crippen LogP contribution is -2.08. The summed E-state index contributed by atoms with van der Waals surface area (Å²) >= 11 is 0. The zero-order valence-electron chi connectivity index (χ0n) is 11.8. The maximum atomic E-state index is 13.8. The van der Waals surface area contributed by atoms with Crippen molar-refractivity contribution >= 4 is 11.6 Å². The predicted molar refractivity (Wildman–Crippen MR) is 85.5 cm³/mol. The van der Waals surface area contributed by atoms with Crippen LogP contribution in [0.2, 0.25) is 0 Å². The van der Waals surface area contributed by atoms with Crippen LogP contribution in [0.1, 0.15) is 11.1 Å². The molecule has 0 spiro atoms. The Bertz CT molecular complexity index is 780. The van der Waals surface area contributed by atoms with E-state index in [9.17, 15) is 4.39 Å². The van der Waals surface area contributed by atoms with Crippen LogP contribution in [0, 0.1) is 5.82 Å². The number of halogens is 1. The van der Waals surface area contributed by atoms with E-state index < -0.39 is 0 Å². The summed E-state index contributed by atoms with van der Waals surface area (Å²) in [6.45, 7) is 0. The Morgan fingerprint density at radius 2 is 1.41 bits per heavy atom. The average molecular weight is 294 g/mol. The molecule has 0 unspecified atom stereocenters. The summed E-state index contributed by atoms with van der Waals surface area (Å²) in [6, 6.07) is 15.9. The zero-order chi connectivity index (χ0) is 15.5. The Morgan fingerprint density at radius 1 is 0.818 bits per heavy atom. The second-order valence-electron chi connectivity index (χ2n) is 4.93. The van der Waals surface area contributed by atoms with Crippen molar-refractivity contribution in [1.29, 1.82) is 0 Å². The molecule has 0 amide bonds. The van der Waals surface area contributed by atoms with Gasteiger partial charge in [0.05, 0.1) is 0 Å². The maximum absolute atomic E-state index is 13.8. The van der Waals surface area contributed by atoms with Crippen LogP contribution in [0.25, 0.3) is 11.4 Å². The molecule has 2 aromatic carbocycles. The van der Waals surface area contributed by atoms with E-state index in [1.807, 2.05) is 30.3 Å². The zero-order valence-corrected chi connectivity index (χ0v) is 11.8. The molecule has 4 nitrogen and oxygen atoms in total. The van der Waals surface area contributed by atoms with E-state index >= 15 is 0 Å². The van der Waals surface area contributed by atoms with Crippen LogP contribution in [-0.4, -0.2) is 9.97 Å². The highest BCUT2D eigenvalue weighted by Crippen LogP contribution is 2.25. The SMILES string of the molecule is Nc1nc(-c2ccccc2)nc(N)c1Cc1ccccc1F. The van der Waals surface area contributed by atoms with Gasteiger partial charge in [-0.2, -0.15) is 0 Å². The van der Waals surface area contributed by atoms with E-state index in [2.05, 4.69) is 9.97 Å². The summed E-state index contributed by atoms with van der Waals surface area (Å²) < 4.78 is 13.8. The number of rotatable bonds is 3. The van der Waals surface area contributed by atoms with E-state index in [0.29, 0.717) is 17.0 Å². The van der Waals surface area contributed by atoms with Crippen LogP contribution in [-0.2, 0) is 6.42 Å². The van der Waals surface area contributed by atoms with Crippen LogP contribution in [0.3, 0.4) is 0 Å². The summed E-state index contributed by atoms with van der Waals surface area (Å²) in [6.07, 6.45) is 0.263. The lowest BCUT2D eigenvalue weighted by atomic mass is 10.1. The van der Waals surface area contributed by atoms with Crippen molar-refractivity contribution in [3.63, 3.8) is 0 Å². The standard InChI is InChI=1S/C17H15FN4/c18-14-9-5-4-8-12(14)10-13-15(19)21-17(22-16(13)20)11-6-2-1-3-7-11/h1-9H,10H2,(H4,19,20,21,22). The molecule has 0 fully saturated rings. The topological polar surface area (TPSA) is 77.8 Å². The van der Waals surface area contributed by atoms with Crippen molar-refractivity contribution in [3.8, 4) is 11.4 Å². The Balaban J connectivity index is 1.99. The van der Waals surface area contributed by atoms with Gasteiger partial charge in [0.2, 0.25) is 0 Å². The van der Waals surface area contributed by atoms with Gasteiger partial charge in [-0.3, -0.25) is 0 Å². The Kier molecular flexibility index (Phi) is 3.70. The summed E-state index contributed by atoms with van der Waals surface area (Å²) in [5.41, 5.74) is 13.9. The lowest BCUT2D eigenvalue weighted by Gasteiger charge is -2.11. The van der Waals surface area contributed by atoms with E-state index in [4.69, 9.17) is 11.5 Å². The molecule has 0 radical (unpaired) electrons. The third kappa shape index (κ3) is 2.74. The van der Waals surface area contributed by atoms with Gasteiger partial charge in [0.15, 0.2) is 5.82 Å². The predicted octanol–water partition coefficient (Wildman–Crippen LogP) is 3.04. The summed E-state index contributed by atoms with van der Waals surface area (Å²) in [7, 11) is 0. The van der Waals surface area contributed by atoms with Gasteiger partial charge in [-0.25, -0.2) is 14.4 Å². The number of hydrogen-bond acceptors (Lipinski definition) is 4. The summed E-state index contributed by atoms with van der Waals surface area (Å²) in [5.74, 6) is 0.713. The van der Waals surface area contributed by atoms with Gasteiger partial charge in [0, 0.05) is 17.5 Å². The number of nitrogens with two attached hydrogens (primary N) is 2. The number of nitrogens with zero attached hydrogens (tertiary/aromatic N) is 2. The fourth-order valence-corrected chi connectivity index (χ4v) is 2.25. The molecule has 1 aromatic heterocycles. The molecule has 0 aliphatic rings. The number of benzene rings is 2. The molecule has 3 aromatic rings. The van der Waals surface area contributed by atoms with E-state index in [1.54, 1.807) is 18.2 Å². The lowest BCUT2D eigenvalue weighted by molar-refractivity contribution is 0.614. The van der Waals surface area contributed by atoms with Crippen LogP contribution in [0.4, 0.5) is 16.0 Å². The molecule has 110 valence electrons. The van der Waals surface area contributed by atoms with Crippen molar-refractivity contribution in [2.24, 2.45) is 0 Å². The summed E-state index contributed by atoms with van der Waals surface area (Å²) in [4.78, 5) is 8.59. The quantitative estimate of drug-likeness (QED) is 0.778.